The van der Waals surface area contributed by atoms with E-state index in [1.54, 1.807) is 7.05 Å². The van der Waals surface area contributed by atoms with Crippen LogP contribution in [0.1, 0.15) is 31.4 Å². The molecule has 6 heteroatoms. The van der Waals surface area contributed by atoms with E-state index in [0.29, 0.717) is 12.2 Å². The Bertz CT molecular complexity index is 576. The summed E-state index contributed by atoms with van der Waals surface area (Å²) in [6.07, 6.45) is 4.38. The summed E-state index contributed by atoms with van der Waals surface area (Å²) >= 11 is 0. The van der Waals surface area contributed by atoms with E-state index in [1.807, 2.05) is 0 Å². The van der Waals surface area contributed by atoms with Gasteiger partial charge in [0.15, 0.2) is 0 Å². The molecule has 0 bridgehead atoms. The van der Waals surface area contributed by atoms with Crippen molar-refractivity contribution in [2.45, 2.75) is 38.3 Å². The molecule has 0 spiro atoms. The molecule has 1 aromatic heterocycles. The summed E-state index contributed by atoms with van der Waals surface area (Å²) in [5, 5.41) is 12.8. The van der Waals surface area contributed by atoms with E-state index in [-0.39, 0.29) is 29.8 Å². The Morgan fingerprint density at radius 1 is 1.25 bits per heavy atom. The van der Waals surface area contributed by atoms with Gasteiger partial charge in [0.05, 0.1) is 0 Å². The Morgan fingerprint density at radius 3 is 2.65 bits per heavy atom. The lowest BCUT2D eigenvalue weighted by Crippen LogP contribution is -2.43. The molecule has 0 radical (unpaired) electrons. The summed E-state index contributed by atoms with van der Waals surface area (Å²) in [7, 11) is 3.15. The maximum Gasteiger partial charge on any atom is 0.330 e. The summed E-state index contributed by atoms with van der Waals surface area (Å²) in [6, 6.07) is 1.75. The molecule has 1 fully saturated rings. The van der Waals surface area contributed by atoms with Crippen LogP contribution in [-0.4, -0.2) is 26.9 Å². The zero-order valence-electron chi connectivity index (χ0n) is 12.1. The smallest absolute Gasteiger partial charge is 0.330 e. The predicted octanol–water partition coefficient (Wildman–Crippen LogP) is -0.275. The molecule has 1 aliphatic carbocycles. The summed E-state index contributed by atoms with van der Waals surface area (Å²) in [6.45, 7) is 0.663. The fourth-order valence-electron chi connectivity index (χ4n) is 2.88. The van der Waals surface area contributed by atoms with Gasteiger partial charge in [0.1, 0.15) is 0 Å². The van der Waals surface area contributed by atoms with Gasteiger partial charge < -0.3 is 10.4 Å². The molecule has 0 saturated heterocycles. The van der Waals surface area contributed by atoms with E-state index in [2.05, 4.69) is 5.32 Å². The second kappa shape index (κ2) is 6.37. The topological polar surface area (TPSA) is 76.3 Å². The lowest BCUT2D eigenvalue weighted by atomic mass is 9.85. The fraction of sp³-hybridized carbons (Fsp3) is 0.714. The van der Waals surface area contributed by atoms with Gasteiger partial charge in [0.2, 0.25) is 0 Å². The molecule has 2 N–H and O–H groups in total. The summed E-state index contributed by atoms with van der Waals surface area (Å²) in [5.41, 5.74) is 0.0873. The van der Waals surface area contributed by atoms with Gasteiger partial charge >= 0.3 is 5.69 Å². The Labute approximate surface area is 118 Å². The van der Waals surface area contributed by atoms with Crippen LogP contribution in [0.15, 0.2) is 15.7 Å². The molecular weight excluding hydrogens is 258 g/mol. The molecule has 1 saturated carbocycles. The minimum atomic E-state index is -0.309. The van der Waals surface area contributed by atoms with Crippen molar-refractivity contribution in [1.82, 2.24) is 14.5 Å². The number of nitrogens with one attached hydrogen (secondary N) is 1. The number of aromatic nitrogens is 2. The van der Waals surface area contributed by atoms with Gasteiger partial charge in [-0.1, -0.05) is 12.8 Å². The summed E-state index contributed by atoms with van der Waals surface area (Å²) < 4.78 is 2.59. The number of nitrogens with zero attached hydrogens (tertiary/aromatic N) is 2. The van der Waals surface area contributed by atoms with Crippen LogP contribution in [0.5, 0.6) is 0 Å². The first-order chi connectivity index (χ1) is 9.54. The first-order valence-electron chi connectivity index (χ1n) is 7.14. The molecule has 0 aromatic carbocycles. The highest BCUT2D eigenvalue weighted by Gasteiger charge is 2.24. The van der Waals surface area contributed by atoms with Crippen molar-refractivity contribution in [3.05, 3.63) is 32.6 Å². The molecule has 1 heterocycles. The molecule has 6 nitrogen and oxygen atoms in total. The average molecular weight is 281 g/mol. The van der Waals surface area contributed by atoms with E-state index >= 15 is 0 Å². The van der Waals surface area contributed by atoms with Crippen LogP contribution in [0.2, 0.25) is 0 Å². The number of aliphatic hydroxyl groups excluding tert-OH is 1. The van der Waals surface area contributed by atoms with Crippen molar-refractivity contribution in [3.8, 4) is 0 Å². The van der Waals surface area contributed by atoms with Crippen LogP contribution in [-0.2, 0) is 20.6 Å². The largest absolute Gasteiger partial charge is 0.396 e. The van der Waals surface area contributed by atoms with Gasteiger partial charge in [-0.15, -0.1) is 0 Å². The highest BCUT2D eigenvalue weighted by atomic mass is 16.3. The lowest BCUT2D eigenvalue weighted by Gasteiger charge is -2.31. The highest BCUT2D eigenvalue weighted by molar-refractivity contribution is 5.02. The van der Waals surface area contributed by atoms with E-state index in [1.165, 1.54) is 17.7 Å². The monoisotopic (exact) mass is 281 g/mol. The number of hydrogen-bond donors (Lipinski definition) is 2. The minimum absolute atomic E-state index is 0.188. The van der Waals surface area contributed by atoms with Crippen molar-refractivity contribution >= 4 is 0 Å². The number of rotatable bonds is 4. The average Bonchev–Trinajstić information content (AvgIpc) is 2.47. The third kappa shape index (κ3) is 3.02. The van der Waals surface area contributed by atoms with Gasteiger partial charge in [-0.3, -0.25) is 13.9 Å². The summed E-state index contributed by atoms with van der Waals surface area (Å²) in [4.78, 5) is 23.5. The lowest BCUT2D eigenvalue weighted by molar-refractivity contribution is 0.152. The molecule has 2 rings (SSSR count). The summed E-state index contributed by atoms with van der Waals surface area (Å²) in [5.74, 6) is 0.271. The van der Waals surface area contributed by atoms with Crippen LogP contribution in [0, 0.1) is 5.92 Å². The van der Waals surface area contributed by atoms with Gasteiger partial charge in [-0.2, -0.15) is 0 Å². The van der Waals surface area contributed by atoms with Crippen molar-refractivity contribution in [2.24, 2.45) is 20.0 Å². The van der Waals surface area contributed by atoms with Crippen molar-refractivity contribution in [2.75, 3.05) is 6.61 Å². The Morgan fingerprint density at radius 2 is 1.95 bits per heavy atom. The fourth-order valence-corrected chi connectivity index (χ4v) is 2.88. The molecule has 20 heavy (non-hydrogen) atoms. The maximum absolute atomic E-state index is 11.8. The molecule has 0 aliphatic heterocycles. The normalized spacial score (nSPS) is 22.9. The van der Waals surface area contributed by atoms with Crippen LogP contribution in [0.4, 0.5) is 0 Å². The van der Waals surface area contributed by atoms with E-state index in [0.717, 1.165) is 30.3 Å². The number of hydrogen-bond acceptors (Lipinski definition) is 4. The van der Waals surface area contributed by atoms with Crippen molar-refractivity contribution in [1.29, 1.82) is 0 Å². The molecule has 0 amide bonds. The predicted molar refractivity (Wildman–Crippen MR) is 76.6 cm³/mol. The Hall–Kier alpha value is -1.40. The molecular formula is C14H23N3O3. The van der Waals surface area contributed by atoms with Gasteiger partial charge in [0.25, 0.3) is 5.56 Å². The Kier molecular flexibility index (Phi) is 4.77. The molecule has 2 unspecified atom stereocenters. The Balaban J connectivity index is 2.11. The van der Waals surface area contributed by atoms with E-state index in [9.17, 15) is 14.7 Å². The van der Waals surface area contributed by atoms with E-state index in [4.69, 9.17) is 0 Å². The van der Waals surface area contributed by atoms with Gasteiger partial charge in [-0.25, -0.2) is 4.79 Å². The molecule has 1 aliphatic rings. The van der Waals surface area contributed by atoms with Gasteiger partial charge in [0, 0.05) is 45.0 Å². The molecule has 112 valence electrons. The second-order valence-electron chi connectivity index (χ2n) is 5.59. The van der Waals surface area contributed by atoms with Crippen LogP contribution >= 0.6 is 0 Å². The van der Waals surface area contributed by atoms with Gasteiger partial charge in [-0.05, 0) is 18.8 Å². The molecule has 1 aromatic rings. The SMILES string of the molecule is Cn1c(CNC2CCCCC2CO)cc(=O)n(C)c1=O. The second-order valence-corrected chi connectivity index (χ2v) is 5.59. The van der Waals surface area contributed by atoms with Crippen molar-refractivity contribution in [3.63, 3.8) is 0 Å². The van der Waals surface area contributed by atoms with Crippen LogP contribution in [0.3, 0.4) is 0 Å². The first-order valence-corrected chi connectivity index (χ1v) is 7.14. The highest BCUT2D eigenvalue weighted by Crippen LogP contribution is 2.24. The molecule has 2 atom stereocenters. The quantitative estimate of drug-likeness (QED) is 0.796. The van der Waals surface area contributed by atoms with Crippen LogP contribution < -0.4 is 16.6 Å². The first kappa shape index (κ1) is 15.0. The van der Waals surface area contributed by atoms with Crippen LogP contribution in [0.25, 0.3) is 0 Å². The number of aliphatic hydroxyl groups is 1. The minimum Gasteiger partial charge on any atom is -0.396 e. The third-order valence-corrected chi connectivity index (χ3v) is 4.31. The zero-order chi connectivity index (χ0) is 14.7. The van der Waals surface area contributed by atoms with Crippen molar-refractivity contribution < 1.29 is 5.11 Å². The van der Waals surface area contributed by atoms with E-state index < -0.39 is 0 Å². The maximum atomic E-state index is 11.8. The zero-order valence-corrected chi connectivity index (χ0v) is 12.1. The third-order valence-electron chi connectivity index (χ3n) is 4.31. The standard InChI is InChI=1S/C14H23N3O3/c1-16-11(7-13(19)17(2)14(16)20)8-15-12-6-4-3-5-10(12)9-18/h7,10,12,15,18H,3-6,8-9H2,1-2H3.